The van der Waals surface area contributed by atoms with Crippen LogP contribution in [0.1, 0.15) is 33.4 Å². The molecule has 0 aliphatic rings. The lowest BCUT2D eigenvalue weighted by Crippen LogP contribution is -2.09. The Balaban J connectivity index is 0.834. The summed E-state index contributed by atoms with van der Waals surface area (Å²) >= 11 is 5.55. The van der Waals surface area contributed by atoms with E-state index in [1.807, 2.05) is 34.0 Å². The van der Waals surface area contributed by atoms with Crippen molar-refractivity contribution >= 4 is 85.2 Å². The average Bonchev–Trinajstić information content (AvgIpc) is 3.72. The fourth-order valence-electron chi connectivity index (χ4n) is 10.8. The average molecular weight is 1140 g/mol. The maximum Gasteiger partial charge on any atom is 0.0462 e. The molecule has 84 heavy (non-hydrogen) atoms. The molecule has 13 aromatic rings. The number of hydrogen-bond acceptors (Lipinski definition) is 6. The van der Waals surface area contributed by atoms with Crippen LogP contribution in [0.2, 0.25) is 0 Å². The van der Waals surface area contributed by atoms with Gasteiger partial charge in [-0.05, 0) is 239 Å². The van der Waals surface area contributed by atoms with Crippen LogP contribution in [-0.4, -0.2) is 0 Å². The van der Waals surface area contributed by atoms with Gasteiger partial charge in [-0.3, -0.25) is 0 Å². The van der Waals surface area contributed by atoms with E-state index >= 15 is 0 Å². The molecular formula is C78H63N3S3. The number of nitrogens with zero attached hydrogens (tertiary/aromatic N) is 3. The number of hydrogen-bond donors (Lipinski definition) is 0. The Labute approximate surface area is 507 Å². The summed E-state index contributed by atoms with van der Waals surface area (Å²) in [6.45, 7) is 12.8. The molecule has 0 aliphatic heterocycles. The number of anilines is 9. The van der Waals surface area contributed by atoms with E-state index in [0.717, 1.165) is 51.2 Å². The predicted molar refractivity (Wildman–Crippen MR) is 365 cm³/mol. The zero-order chi connectivity index (χ0) is 57.3. The largest absolute Gasteiger partial charge is 0.311 e. The Morgan fingerprint density at radius 1 is 0.167 bits per heavy atom. The summed E-state index contributed by atoms with van der Waals surface area (Å²) in [6.07, 6.45) is 0. The second kappa shape index (κ2) is 23.5. The van der Waals surface area contributed by atoms with E-state index in [2.05, 4.69) is 329 Å². The Hall–Kier alpha value is -9.30. The summed E-state index contributed by atoms with van der Waals surface area (Å²) in [6, 6.07) is 101. The van der Waals surface area contributed by atoms with Crippen LogP contribution >= 0.6 is 34.0 Å². The van der Waals surface area contributed by atoms with Gasteiger partial charge in [-0.1, -0.05) is 143 Å². The zero-order valence-corrected chi connectivity index (χ0v) is 50.5. The van der Waals surface area contributed by atoms with Gasteiger partial charge >= 0.3 is 0 Å². The molecule has 0 radical (unpaired) electrons. The van der Waals surface area contributed by atoms with Crippen LogP contribution in [0.4, 0.5) is 51.2 Å². The second-order valence-electron chi connectivity index (χ2n) is 22.0. The van der Waals surface area contributed by atoms with Gasteiger partial charge in [0.1, 0.15) is 0 Å². The number of aryl methyl sites for hydroxylation is 6. The van der Waals surface area contributed by atoms with Crippen molar-refractivity contribution in [1.82, 2.24) is 0 Å². The highest BCUT2D eigenvalue weighted by Crippen LogP contribution is 2.46. The van der Waals surface area contributed by atoms with Crippen molar-refractivity contribution in [2.45, 2.75) is 41.5 Å². The molecule has 0 saturated carbocycles. The monoisotopic (exact) mass is 1140 g/mol. The highest BCUT2D eigenvalue weighted by molar-refractivity contribution is 7.19. The summed E-state index contributed by atoms with van der Waals surface area (Å²) < 4.78 is 0. The van der Waals surface area contributed by atoms with Crippen molar-refractivity contribution in [2.24, 2.45) is 0 Å². The first-order valence-corrected chi connectivity index (χ1v) is 31.0. The molecule has 3 nitrogen and oxygen atoms in total. The van der Waals surface area contributed by atoms with Gasteiger partial charge in [0.05, 0.1) is 0 Å². The zero-order valence-electron chi connectivity index (χ0n) is 48.0. The molecule has 0 saturated heterocycles. The fourth-order valence-corrected chi connectivity index (χ4v) is 13.8. The highest BCUT2D eigenvalue weighted by Gasteiger charge is 2.19. The van der Waals surface area contributed by atoms with Crippen LogP contribution in [-0.2, 0) is 0 Å². The number of thiophene rings is 3. The molecule has 0 aliphatic carbocycles. The first-order chi connectivity index (χ1) is 41.0. The summed E-state index contributed by atoms with van der Waals surface area (Å²) in [5.74, 6) is 0. The van der Waals surface area contributed by atoms with Crippen LogP contribution in [0.5, 0.6) is 0 Å². The van der Waals surface area contributed by atoms with E-state index in [4.69, 9.17) is 0 Å². The van der Waals surface area contributed by atoms with Crippen LogP contribution in [0, 0.1) is 41.5 Å². The lowest BCUT2D eigenvalue weighted by Gasteiger charge is -2.26. The van der Waals surface area contributed by atoms with Crippen LogP contribution < -0.4 is 14.7 Å². The summed E-state index contributed by atoms with van der Waals surface area (Å²) in [4.78, 5) is 14.4. The molecular weight excluding hydrogens is 1080 g/mol. The van der Waals surface area contributed by atoms with Crippen LogP contribution in [0.25, 0.3) is 62.6 Å². The number of rotatable bonds is 15. The van der Waals surface area contributed by atoms with Gasteiger partial charge in [-0.2, -0.15) is 0 Å². The molecule has 13 rings (SSSR count). The maximum atomic E-state index is 2.39. The number of benzene rings is 10. The second-order valence-corrected chi connectivity index (χ2v) is 25.2. The van der Waals surface area contributed by atoms with Gasteiger partial charge < -0.3 is 14.7 Å². The highest BCUT2D eigenvalue weighted by atomic mass is 32.1. The molecule has 0 fully saturated rings. The van der Waals surface area contributed by atoms with Crippen molar-refractivity contribution in [1.29, 1.82) is 0 Å². The summed E-state index contributed by atoms with van der Waals surface area (Å²) in [5.41, 5.74) is 24.9. The van der Waals surface area contributed by atoms with Crippen LogP contribution in [0.15, 0.2) is 273 Å². The fraction of sp³-hybridized carbons (Fsp3) is 0.0769. The minimum atomic E-state index is 1.12. The molecule has 0 bridgehead atoms. The van der Waals surface area contributed by atoms with E-state index in [1.165, 1.54) is 96.0 Å². The van der Waals surface area contributed by atoms with Crippen molar-refractivity contribution in [2.75, 3.05) is 14.7 Å². The Bertz CT molecular complexity index is 3760. The normalized spacial score (nSPS) is 11.2. The maximum absolute atomic E-state index is 2.39. The van der Waals surface area contributed by atoms with Gasteiger partial charge in [-0.25, -0.2) is 0 Å². The molecule has 0 N–H and O–H groups in total. The van der Waals surface area contributed by atoms with Gasteiger partial charge in [0.25, 0.3) is 0 Å². The van der Waals surface area contributed by atoms with Crippen molar-refractivity contribution in [3.63, 3.8) is 0 Å². The van der Waals surface area contributed by atoms with E-state index < -0.39 is 0 Å². The van der Waals surface area contributed by atoms with Gasteiger partial charge in [0.15, 0.2) is 0 Å². The third-order valence-electron chi connectivity index (χ3n) is 15.6. The molecule has 10 aromatic carbocycles. The summed E-state index contributed by atoms with van der Waals surface area (Å²) in [5, 5.41) is 0. The topological polar surface area (TPSA) is 9.72 Å². The molecule has 0 amide bonds. The molecule has 0 spiro atoms. The van der Waals surface area contributed by atoms with Gasteiger partial charge in [-0.15, -0.1) is 34.0 Å². The Morgan fingerprint density at radius 3 is 0.476 bits per heavy atom. The minimum absolute atomic E-state index is 1.12. The smallest absolute Gasteiger partial charge is 0.0462 e. The van der Waals surface area contributed by atoms with Crippen molar-refractivity contribution < 1.29 is 0 Å². The first kappa shape index (κ1) is 54.0. The molecule has 0 unspecified atom stereocenters. The molecule has 0 atom stereocenters. The van der Waals surface area contributed by atoms with E-state index in [-0.39, 0.29) is 0 Å². The SMILES string of the molecule is Cc1ccc(N(c2ccc(C)cc2)c2ccc(-c3ccc(-c4cc(-c5ccc(-c6ccc(N(c7ccc(C)cc7)c7ccc(C)cc7)cc6)s5)cc(-c5ccc(-c6ccc(N(c7ccc(C)cc7)c7ccc(C)cc7)cc6)s5)c4)s3)cc2)cc1. The van der Waals surface area contributed by atoms with Gasteiger partial charge in [0, 0.05) is 80.4 Å². The molecule has 3 aromatic heterocycles. The predicted octanol–water partition coefficient (Wildman–Crippen LogP) is 24.1. The quantitative estimate of drug-likeness (QED) is 0.101. The third kappa shape index (κ3) is 11.6. The van der Waals surface area contributed by atoms with Gasteiger partial charge in [0.2, 0.25) is 0 Å². The molecule has 3 heterocycles. The standard InChI is InChI=1S/C78H63N3S3/c1-52-7-25-64(26-8-52)79(65-27-9-53(2)10-28-65)70-37-19-58(20-38-70)73-43-46-76(82-73)61-49-62(77-47-44-74(83-77)59-21-39-71(40-22-59)80(66-29-11-54(3)12-30-66)67-31-13-55(4)14-32-67)51-63(50-61)78-48-45-75(84-78)60-23-41-72(42-24-60)81(68-33-15-56(5)16-34-68)69-35-17-57(6)18-36-69/h7-51H,1-6H3. The lowest BCUT2D eigenvalue weighted by atomic mass is 10.0. The van der Waals surface area contributed by atoms with E-state index in [1.54, 1.807) is 0 Å². The minimum Gasteiger partial charge on any atom is -0.311 e. The summed E-state index contributed by atoms with van der Waals surface area (Å²) in [7, 11) is 0. The molecule has 6 heteroatoms. The molecule has 408 valence electrons. The van der Waals surface area contributed by atoms with E-state index in [9.17, 15) is 0 Å². The Morgan fingerprint density at radius 2 is 0.310 bits per heavy atom. The van der Waals surface area contributed by atoms with Crippen LogP contribution in [0.3, 0.4) is 0 Å². The lowest BCUT2D eigenvalue weighted by molar-refractivity contribution is 1.27. The van der Waals surface area contributed by atoms with Crippen molar-refractivity contribution in [3.05, 3.63) is 306 Å². The van der Waals surface area contributed by atoms with Crippen molar-refractivity contribution in [3.8, 4) is 62.6 Å². The first-order valence-electron chi connectivity index (χ1n) is 28.6. The Kier molecular flexibility index (Phi) is 15.1. The third-order valence-corrected chi connectivity index (χ3v) is 19.1. The van der Waals surface area contributed by atoms with E-state index in [0.29, 0.717) is 0 Å².